The summed E-state index contributed by atoms with van der Waals surface area (Å²) in [5.74, 6) is 0.140. The predicted octanol–water partition coefficient (Wildman–Crippen LogP) is 3.84. The van der Waals surface area contributed by atoms with Crippen molar-refractivity contribution >= 4 is 5.91 Å². The molecule has 11 heteroatoms. The van der Waals surface area contributed by atoms with Crippen molar-refractivity contribution in [2.24, 2.45) is 0 Å². The Labute approximate surface area is 180 Å². The van der Waals surface area contributed by atoms with E-state index in [4.69, 9.17) is 13.9 Å². The number of hydrogen-bond acceptors (Lipinski definition) is 7. The van der Waals surface area contributed by atoms with E-state index in [0.29, 0.717) is 13.1 Å². The number of ether oxygens (including phenoxy) is 3. The van der Waals surface area contributed by atoms with Gasteiger partial charge in [0.1, 0.15) is 23.4 Å². The molecule has 1 amide bonds. The second-order valence-corrected chi connectivity index (χ2v) is 7.32. The summed E-state index contributed by atoms with van der Waals surface area (Å²) in [7, 11) is 0. The first-order valence-corrected chi connectivity index (χ1v) is 9.51. The van der Waals surface area contributed by atoms with Crippen molar-refractivity contribution in [3.8, 4) is 17.4 Å². The lowest BCUT2D eigenvalue weighted by Gasteiger charge is -2.47. The Morgan fingerprint density at radius 2 is 1.91 bits per heavy atom. The molecule has 2 aromatic heterocycles. The maximum Gasteiger partial charge on any atom is 0.574 e. The van der Waals surface area contributed by atoms with Gasteiger partial charge in [-0.15, -0.1) is 13.2 Å². The summed E-state index contributed by atoms with van der Waals surface area (Å²) in [5.41, 5.74) is -0.362. The molecule has 0 atom stereocenters. The van der Waals surface area contributed by atoms with Crippen molar-refractivity contribution in [3.05, 3.63) is 66.5 Å². The number of halogens is 3. The summed E-state index contributed by atoms with van der Waals surface area (Å²) in [5, 5.41) is 0. The molecule has 0 saturated carbocycles. The SMILES string of the molecule is CC1(Oc2ccccc2)CN(C(=O)c2coc(COc3ccc(OC(F)(F)F)nc3)n2)C1. The summed E-state index contributed by atoms with van der Waals surface area (Å²) in [4.78, 5) is 21.8. The maximum atomic E-state index is 12.6. The minimum absolute atomic E-state index is 0.123. The lowest BCUT2D eigenvalue weighted by Crippen LogP contribution is -2.64. The van der Waals surface area contributed by atoms with Gasteiger partial charge in [-0.2, -0.15) is 0 Å². The summed E-state index contributed by atoms with van der Waals surface area (Å²) in [6, 6.07) is 11.6. The number of para-hydroxylation sites is 1. The fourth-order valence-corrected chi connectivity index (χ4v) is 3.16. The number of carbonyl (C=O) groups is 1. The van der Waals surface area contributed by atoms with E-state index in [0.717, 1.165) is 18.0 Å². The molecule has 3 heterocycles. The Kier molecular flexibility index (Phi) is 5.64. The van der Waals surface area contributed by atoms with E-state index < -0.39 is 17.8 Å². The Hall–Kier alpha value is -3.76. The number of rotatable bonds is 7. The number of aromatic nitrogens is 2. The van der Waals surface area contributed by atoms with Gasteiger partial charge in [-0.1, -0.05) is 18.2 Å². The second kappa shape index (κ2) is 8.40. The Morgan fingerprint density at radius 1 is 1.16 bits per heavy atom. The van der Waals surface area contributed by atoms with E-state index in [-0.39, 0.29) is 29.8 Å². The Morgan fingerprint density at radius 3 is 2.56 bits per heavy atom. The van der Waals surface area contributed by atoms with E-state index in [1.807, 2.05) is 37.3 Å². The number of hydrogen-bond donors (Lipinski definition) is 0. The van der Waals surface area contributed by atoms with Gasteiger partial charge in [-0.25, -0.2) is 9.97 Å². The van der Waals surface area contributed by atoms with Crippen LogP contribution >= 0.6 is 0 Å². The van der Waals surface area contributed by atoms with E-state index in [2.05, 4.69) is 14.7 Å². The first-order valence-electron chi connectivity index (χ1n) is 9.51. The van der Waals surface area contributed by atoms with E-state index in [1.54, 1.807) is 4.90 Å². The van der Waals surface area contributed by atoms with Crippen LogP contribution in [-0.4, -0.2) is 45.8 Å². The van der Waals surface area contributed by atoms with Gasteiger partial charge in [0.25, 0.3) is 5.91 Å². The molecule has 1 aliphatic rings. The van der Waals surface area contributed by atoms with Crippen LogP contribution in [0.5, 0.6) is 17.4 Å². The quantitative estimate of drug-likeness (QED) is 0.542. The molecule has 1 aromatic carbocycles. The average molecular weight is 449 g/mol. The highest BCUT2D eigenvalue weighted by Gasteiger charge is 2.44. The molecule has 0 unspecified atom stereocenters. The van der Waals surface area contributed by atoms with Gasteiger partial charge in [0, 0.05) is 6.07 Å². The number of nitrogens with zero attached hydrogens (tertiary/aromatic N) is 3. The number of benzene rings is 1. The highest BCUT2D eigenvalue weighted by Crippen LogP contribution is 2.28. The molecule has 8 nitrogen and oxygen atoms in total. The van der Waals surface area contributed by atoms with E-state index >= 15 is 0 Å². The zero-order valence-electron chi connectivity index (χ0n) is 16.8. The van der Waals surface area contributed by atoms with Crippen molar-refractivity contribution in [3.63, 3.8) is 0 Å². The zero-order valence-corrected chi connectivity index (χ0v) is 16.8. The number of amides is 1. The molecular weight excluding hydrogens is 431 g/mol. The minimum Gasteiger partial charge on any atom is -0.484 e. The first-order chi connectivity index (χ1) is 15.2. The topological polar surface area (TPSA) is 86.9 Å². The number of pyridine rings is 1. The summed E-state index contributed by atoms with van der Waals surface area (Å²) in [6.07, 6.45) is -2.52. The van der Waals surface area contributed by atoms with Crippen molar-refractivity contribution < 1.29 is 36.6 Å². The molecule has 4 rings (SSSR count). The molecule has 32 heavy (non-hydrogen) atoms. The molecule has 1 fully saturated rings. The van der Waals surface area contributed by atoms with Crippen LogP contribution in [0, 0.1) is 0 Å². The van der Waals surface area contributed by atoms with Crippen LogP contribution in [0.25, 0.3) is 0 Å². The van der Waals surface area contributed by atoms with Gasteiger partial charge in [0.05, 0.1) is 19.3 Å². The lowest BCUT2D eigenvalue weighted by molar-refractivity contribution is -0.276. The van der Waals surface area contributed by atoms with Gasteiger partial charge in [-0.05, 0) is 25.1 Å². The summed E-state index contributed by atoms with van der Waals surface area (Å²) < 4.78 is 56.7. The van der Waals surface area contributed by atoms with Crippen LogP contribution in [0.1, 0.15) is 23.3 Å². The summed E-state index contributed by atoms with van der Waals surface area (Å²) >= 11 is 0. The molecule has 1 aliphatic heterocycles. The zero-order chi connectivity index (χ0) is 22.8. The number of likely N-dealkylation sites (tertiary alicyclic amines) is 1. The molecule has 0 spiro atoms. The van der Waals surface area contributed by atoms with Crippen molar-refractivity contribution in [1.82, 2.24) is 14.9 Å². The van der Waals surface area contributed by atoms with Crippen LogP contribution in [0.2, 0.25) is 0 Å². The smallest absolute Gasteiger partial charge is 0.484 e. The third-order valence-electron chi connectivity index (χ3n) is 4.51. The monoisotopic (exact) mass is 449 g/mol. The molecule has 0 bridgehead atoms. The maximum absolute atomic E-state index is 12.6. The van der Waals surface area contributed by atoms with E-state index in [9.17, 15) is 18.0 Å². The standard InChI is InChI=1S/C21H18F3N3O5/c1-20(31-14-5-3-2-4-6-14)12-27(13-20)19(28)16-10-30-18(26-16)11-29-15-7-8-17(25-9-15)32-21(22,23)24/h2-10H,11-13H2,1H3. The highest BCUT2D eigenvalue weighted by molar-refractivity contribution is 5.92. The Balaban J connectivity index is 1.27. The molecule has 3 aromatic rings. The number of carbonyl (C=O) groups excluding carboxylic acids is 1. The molecule has 0 aliphatic carbocycles. The van der Waals surface area contributed by atoms with E-state index in [1.165, 1.54) is 12.3 Å². The normalized spacial score (nSPS) is 15.1. The molecular formula is C21H18F3N3O5. The van der Waals surface area contributed by atoms with Gasteiger partial charge >= 0.3 is 6.36 Å². The van der Waals surface area contributed by atoms with Gasteiger partial charge < -0.3 is 23.5 Å². The third kappa shape index (κ3) is 5.29. The van der Waals surface area contributed by atoms with Crippen LogP contribution in [-0.2, 0) is 6.61 Å². The van der Waals surface area contributed by atoms with Gasteiger partial charge in [0.2, 0.25) is 11.8 Å². The number of oxazole rings is 1. The molecule has 1 saturated heterocycles. The van der Waals surface area contributed by atoms with Gasteiger partial charge in [0.15, 0.2) is 12.3 Å². The fraction of sp³-hybridized carbons (Fsp3) is 0.286. The first kappa shape index (κ1) is 21.5. The van der Waals surface area contributed by atoms with Crippen molar-refractivity contribution in [1.29, 1.82) is 0 Å². The van der Waals surface area contributed by atoms with Crippen LogP contribution in [0.4, 0.5) is 13.2 Å². The van der Waals surface area contributed by atoms with Crippen molar-refractivity contribution in [2.75, 3.05) is 13.1 Å². The number of alkyl halides is 3. The highest BCUT2D eigenvalue weighted by atomic mass is 19.4. The molecule has 0 N–H and O–H groups in total. The van der Waals surface area contributed by atoms with Crippen LogP contribution in [0.15, 0.2) is 59.3 Å². The molecule has 168 valence electrons. The average Bonchev–Trinajstić information content (AvgIpc) is 3.20. The minimum atomic E-state index is -4.82. The lowest BCUT2D eigenvalue weighted by atomic mass is 9.96. The van der Waals surface area contributed by atoms with Crippen LogP contribution < -0.4 is 14.2 Å². The predicted molar refractivity (Wildman–Crippen MR) is 103 cm³/mol. The summed E-state index contributed by atoms with van der Waals surface area (Å²) in [6.45, 7) is 2.59. The largest absolute Gasteiger partial charge is 0.574 e. The van der Waals surface area contributed by atoms with Crippen molar-refractivity contribution in [2.45, 2.75) is 25.5 Å². The molecule has 0 radical (unpaired) electrons. The fourth-order valence-electron chi connectivity index (χ4n) is 3.16. The third-order valence-corrected chi connectivity index (χ3v) is 4.51. The van der Waals surface area contributed by atoms with Gasteiger partial charge in [-0.3, -0.25) is 4.79 Å². The second-order valence-electron chi connectivity index (χ2n) is 7.32. The van der Waals surface area contributed by atoms with Crippen LogP contribution in [0.3, 0.4) is 0 Å². The Bertz CT molecular complexity index is 1060.